The summed E-state index contributed by atoms with van der Waals surface area (Å²) < 4.78 is 32.3. The first kappa shape index (κ1) is 39.5. The summed E-state index contributed by atoms with van der Waals surface area (Å²) in [6.07, 6.45) is 5.00. The number of carbonyl (C=O) groups is 2. The zero-order chi connectivity index (χ0) is 37.1. The van der Waals surface area contributed by atoms with Crippen molar-refractivity contribution in [1.29, 1.82) is 0 Å². The monoisotopic (exact) mass is 720 g/mol. The Balaban J connectivity index is 0.000000270. The molecular weight excluding hydrogens is 679 g/mol. The summed E-state index contributed by atoms with van der Waals surface area (Å²) in [7, 11) is 5.70. The van der Waals surface area contributed by atoms with E-state index in [-0.39, 0.29) is 0 Å². The van der Waals surface area contributed by atoms with Gasteiger partial charge >= 0.3 is 11.9 Å². The van der Waals surface area contributed by atoms with E-state index in [1.165, 1.54) is 28.4 Å². The van der Waals surface area contributed by atoms with Gasteiger partial charge in [0.25, 0.3) is 0 Å². The molecule has 0 fully saturated rings. The number of ether oxygens (including phenoxy) is 6. The third-order valence-electron chi connectivity index (χ3n) is 7.73. The Morgan fingerprint density at radius 2 is 1.12 bits per heavy atom. The highest BCUT2D eigenvalue weighted by atomic mass is 35.5. The Kier molecular flexibility index (Phi) is 14.4. The molecule has 0 bridgehead atoms. The molecule has 0 aromatic heterocycles. The SMILES string of the molecule is C=CCc1c(C)ccc(Oc2c(C)cc(C(=O)OC)cc2OC)c1Cl.C=CCc1cc(Oc2c(C)cc(C(=O)OC)cc2OC)c(Cl)cc1C. The van der Waals surface area contributed by atoms with E-state index in [4.69, 9.17) is 51.6 Å². The van der Waals surface area contributed by atoms with E-state index in [2.05, 4.69) is 13.2 Å². The van der Waals surface area contributed by atoms with Crippen molar-refractivity contribution in [3.05, 3.63) is 128 Å². The topological polar surface area (TPSA) is 89.5 Å². The minimum atomic E-state index is -0.436. The van der Waals surface area contributed by atoms with Gasteiger partial charge in [-0.05, 0) is 116 Å². The molecule has 0 saturated carbocycles. The Hall–Kier alpha value is -4.92. The summed E-state index contributed by atoms with van der Waals surface area (Å²) in [4.78, 5) is 23.5. The van der Waals surface area contributed by atoms with Crippen LogP contribution in [0.4, 0.5) is 0 Å². The van der Waals surface area contributed by atoms with Gasteiger partial charge in [-0.1, -0.05) is 41.4 Å². The molecule has 0 N–H and O–H groups in total. The number of methoxy groups -OCH3 is 4. The second-order valence-electron chi connectivity index (χ2n) is 11.2. The van der Waals surface area contributed by atoms with E-state index < -0.39 is 11.9 Å². The molecule has 0 aliphatic rings. The molecule has 10 heteroatoms. The summed E-state index contributed by atoms with van der Waals surface area (Å²) in [5.74, 6) is 2.05. The van der Waals surface area contributed by atoms with Gasteiger partial charge in [0.1, 0.15) is 11.5 Å². The van der Waals surface area contributed by atoms with Crippen molar-refractivity contribution in [2.24, 2.45) is 0 Å². The summed E-state index contributed by atoms with van der Waals surface area (Å²) >= 11 is 12.8. The summed E-state index contributed by atoms with van der Waals surface area (Å²) in [6.45, 7) is 15.2. The van der Waals surface area contributed by atoms with Crippen molar-refractivity contribution in [1.82, 2.24) is 0 Å². The van der Waals surface area contributed by atoms with Gasteiger partial charge in [0.15, 0.2) is 23.0 Å². The minimum absolute atomic E-state index is 0.395. The van der Waals surface area contributed by atoms with Crippen molar-refractivity contribution in [3.8, 4) is 34.5 Å². The molecule has 50 heavy (non-hydrogen) atoms. The van der Waals surface area contributed by atoms with Crippen LogP contribution in [0.1, 0.15) is 54.1 Å². The first-order valence-corrected chi connectivity index (χ1v) is 16.3. The number of hydrogen-bond acceptors (Lipinski definition) is 8. The smallest absolute Gasteiger partial charge is 0.337 e. The Bertz CT molecular complexity index is 1820. The molecular formula is C40H42Cl2O8. The van der Waals surface area contributed by atoms with E-state index in [0.717, 1.165) is 39.8 Å². The first-order chi connectivity index (χ1) is 23.8. The van der Waals surface area contributed by atoms with Crippen LogP contribution in [0.15, 0.2) is 73.8 Å². The lowest BCUT2D eigenvalue weighted by Crippen LogP contribution is -2.04. The van der Waals surface area contributed by atoms with Gasteiger partial charge < -0.3 is 28.4 Å². The molecule has 0 spiro atoms. The molecule has 4 aromatic carbocycles. The second-order valence-corrected chi connectivity index (χ2v) is 12.0. The number of esters is 2. The zero-order valence-electron chi connectivity index (χ0n) is 29.6. The molecule has 4 rings (SSSR count). The number of benzene rings is 4. The maximum absolute atomic E-state index is 11.8. The van der Waals surface area contributed by atoms with Crippen LogP contribution < -0.4 is 18.9 Å². The predicted molar refractivity (Wildman–Crippen MR) is 198 cm³/mol. The van der Waals surface area contributed by atoms with Gasteiger partial charge in [0.2, 0.25) is 0 Å². The predicted octanol–water partition coefficient (Wildman–Crippen LogP) is 10.5. The van der Waals surface area contributed by atoms with E-state index in [1.54, 1.807) is 30.3 Å². The summed E-state index contributed by atoms with van der Waals surface area (Å²) in [5, 5.41) is 1.04. The van der Waals surface area contributed by atoms with Crippen molar-refractivity contribution >= 4 is 35.1 Å². The van der Waals surface area contributed by atoms with Crippen molar-refractivity contribution in [2.45, 2.75) is 40.5 Å². The molecule has 0 radical (unpaired) electrons. The normalized spacial score (nSPS) is 10.3. The van der Waals surface area contributed by atoms with Crippen molar-refractivity contribution in [3.63, 3.8) is 0 Å². The lowest BCUT2D eigenvalue weighted by atomic mass is 10.1. The first-order valence-electron chi connectivity index (χ1n) is 15.5. The second kappa shape index (κ2) is 18.2. The van der Waals surface area contributed by atoms with Crippen LogP contribution in [0.3, 0.4) is 0 Å². The lowest BCUT2D eigenvalue weighted by molar-refractivity contribution is 0.0591. The molecule has 0 heterocycles. The summed E-state index contributed by atoms with van der Waals surface area (Å²) in [5.41, 5.74) is 6.46. The number of halogens is 2. The fraction of sp³-hybridized carbons (Fsp3) is 0.250. The van der Waals surface area contributed by atoms with E-state index in [1.807, 2.05) is 58.0 Å². The van der Waals surface area contributed by atoms with Gasteiger partial charge in [-0.25, -0.2) is 9.59 Å². The van der Waals surface area contributed by atoms with Gasteiger partial charge in [0.05, 0.1) is 49.6 Å². The van der Waals surface area contributed by atoms with Gasteiger partial charge in [0, 0.05) is 0 Å². The van der Waals surface area contributed by atoms with Crippen molar-refractivity contribution in [2.75, 3.05) is 28.4 Å². The number of rotatable bonds is 12. The van der Waals surface area contributed by atoms with Crippen LogP contribution in [0.5, 0.6) is 34.5 Å². The Morgan fingerprint density at radius 3 is 1.58 bits per heavy atom. The quantitative estimate of drug-likeness (QED) is 0.106. The molecule has 264 valence electrons. The number of hydrogen-bond donors (Lipinski definition) is 0. The van der Waals surface area contributed by atoms with Crippen LogP contribution in [0.2, 0.25) is 10.0 Å². The molecule has 8 nitrogen and oxygen atoms in total. The van der Waals surface area contributed by atoms with Gasteiger partial charge in [-0.3, -0.25) is 0 Å². The van der Waals surface area contributed by atoms with E-state index >= 15 is 0 Å². The van der Waals surface area contributed by atoms with E-state index in [9.17, 15) is 9.59 Å². The Morgan fingerprint density at radius 1 is 0.620 bits per heavy atom. The van der Waals surface area contributed by atoms with Crippen LogP contribution in [-0.2, 0) is 22.3 Å². The fourth-order valence-electron chi connectivity index (χ4n) is 5.06. The third-order valence-corrected chi connectivity index (χ3v) is 8.44. The third kappa shape index (κ3) is 9.40. The van der Waals surface area contributed by atoms with Crippen LogP contribution in [0.25, 0.3) is 0 Å². The average molecular weight is 722 g/mol. The number of aryl methyl sites for hydroxylation is 4. The standard InChI is InChI=1S/2C20H21ClO4/c1-6-7-14-10-17(16(21)9-12(14)2)25-19-13(3)8-15(20(22)24-5)11-18(19)23-4;1-6-7-15-12(2)8-9-16(18(15)21)25-19-13(3)10-14(20(22)24-5)11-17(19)23-4/h2*6,8-11H,1,7H2,2-5H3. The zero-order valence-corrected chi connectivity index (χ0v) is 31.1. The molecule has 0 saturated heterocycles. The van der Waals surface area contributed by atoms with Gasteiger partial charge in [-0.15, -0.1) is 13.2 Å². The van der Waals surface area contributed by atoms with Gasteiger partial charge in [-0.2, -0.15) is 0 Å². The van der Waals surface area contributed by atoms with E-state index in [0.29, 0.717) is 62.1 Å². The average Bonchev–Trinajstić information content (AvgIpc) is 3.10. The van der Waals surface area contributed by atoms with Crippen LogP contribution >= 0.6 is 23.2 Å². The largest absolute Gasteiger partial charge is 0.493 e. The highest BCUT2D eigenvalue weighted by molar-refractivity contribution is 6.33. The molecule has 4 aromatic rings. The maximum atomic E-state index is 11.8. The van der Waals surface area contributed by atoms with Crippen LogP contribution in [0, 0.1) is 27.7 Å². The maximum Gasteiger partial charge on any atom is 0.337 e. The highest BCUT2D eigenvalue weighted by Gasteiger charge is 2.19. The van der Waals surface area contributed by atoms with Crippen LogP contribution in [-0.4, -0.2) is 40.4 Å². The fourth-order valence-corrected chi connectivity index (χ4v) is 5.64. The molecule has 0 aliphatic heterocycles. The molecule has 0 atom stereocenters. The molecule has 0 aliphatic carbocycles. The number of allylic oxidation sites excluding steroid dienone is 2. The number of carbonyl (C=O) groups excluding carboxylic acids is 2. The molecule has 0 unspecified atom stereocenters. The lowest BCUT2D eigenvalue weighted by Gasteiger charge is -2.17. The summed E-state index contributed by atoms with van der Waals surface area (Å²) in [6, 6.07) is 14.1. The minimum Gasteiger partial charge on any atom is -0.493 e. The highest BCUT2D eigenvalue weighted by Crippen LogP contribution is 2.41. The van der Waals surface area contributed by atoms with Crippen molar-refractivity contribution < 1.29 is 38.0 Å². The Labute approximate surface area is 304 Å². The molecule has 0 amide bonds.